The normalized spacial score (nSPS) is 26.8. The molecule has 2 aliphatic heterocycles. The smallest absolute Gasteiger partial charge is 0.309 e. The molecule has 9 nitrogen and oxygen atoms in total. The minimum atomic E-state index is -0.758. The molecule has 3 aliphatic rings. The fraction of sp³-hybridized carbons (Fsp3) is 0.593. The van der Waals surface area contributed by atoms with Crippen LogP contribution in [0.25, 0.3) is 11.2 Å². The van der Waals surface area contributed by atoms with Crippen LogP contribution in [0, 0.1) is 17.3 Å². The maximum atomic E-state index is 14.0. The number of likely N-dealkylation sites (tertiary alicyclic amines) is 1. The molecule has 1 aliphatic carbocycles. The van der Waals surface area contributed by atoms with Crippen molar-refractivity contribution in [3.63, 3.8) is 0 Å². The summed E-state index contributed by atoms with van der Waals surface area (Å²) < 4.78 is 15.7. The Labute approximate surface area is 236 Å². The summed E-state index contributed by atoms with van der Waals surface area (Å²) in [7, 11) is 0. The molecule has 2 atom stereocenters. The summed E-state index contributed by atoms with van der Waals surface area (Å²) in [4.78, 5) is 25.4. The highest BCUT2D eigenvalue weighted by atomic mass is 35.5. The van der Waals surface area contributed by atoms with E-state index in [1.165, 1.54) is 6.42 Å². The van der Waals surface area contributed by atoms with E-state index in [2.05, 4.69) is 25.1 Å². The lowest BCUT2D eigenvalue weighted by Gasteiger charge is -2.52. The molecule has 1 N–H and O–H groups in total. The van der Waals surface area contributed by atoms with E-state index in [1.54, 1.807) is 16.8 Å². The maximum absolute atomic E-state index is 14.0. The lowest BCUT2D eigenvalue weighted by atomic mass is 9.65. The molecule has 4 heterocycles. The van der Waals surface area contributed by atoms with Gasteiger partial charge in [0.1, 0.15) is 12.4 Å². The lowest BCUT2D eigenvalue weighted by molar-refractivity contribution is -0.158. The number of rotatable bonds is 7. The number of anilines is 1. The zero-order valence-corrected chi connectivity index (χ0v) is 23.5. The number of aromatic nitrogens is 5. The molecule has 2 saturated heterocycles. The maximum Gasteiger partial charge on any atom is 0.309 e. The summed E-state index contributed by atoms with van der Waals surface area (Å²) in [6.45, 7) is 6.71. The summed E-state index contributed by atoms with van der Waals surface area (Å²) in [6, 6.07) is 5.38. The van der Waals surface area contributed by atoms with Gasteiger partial charge < -0.3 is 14.9 Å². The number of carboxylic acids is 1. The fourth-order valence-corrected chi connectivity index (χ4v) is 7.05. The van der Waals surface area contributed by atoms with Crippen molar-refractivity contribution in [3.05, 3.63) is 39.5 Å². The average molecular weight is 577 g/mol. The van der Waals surface area contributed by atoms with Crippen molar-refractivity contribution in [1.82, 2.24) is 29.9 Å². The van der Waals surface area contributed by atoms with Crippen molar-refractivity contribution >= 4 is 46.3 Å². The molecular formula is C27H32Cl2FN7O2. The predicted molar refractivity (Wildman–Crippen MR) is 147 cm³/mol. The molecule has 0 bridgehead atoms. The topological polar surface area (TPSA) is 100 Å². The van der Waals surface area contributed by atoms with Crippen molar-refractivity contribution in [3.8, 4) is 0 Å². The number of aliphatic carboxylic acids is 1. The zero-order valence-electron chi connectivity index (χ0n) is 22.0. The Morgan fingerprint density at radius 3 is 2.67 bits per heavy atom. The molecular weight excluding hydrogens is 544 g/mol. The second-order valence-corrected chi connectivity index (χ2v) is 12.5. The predicted octanol–water partition coefficient (Wildman–Crippen LogP) is 5.01. The van der Waals surface area contributed by atoms with Gasteiger partial charge >= 0.3 is 5.97 Å². The molecule has 0 unspecified atom stereocenters. The Morgan fingerprint density at radius 2 is 1.97 bits per heavy atom. The molecule has 2 aromatic heterocycles. The molecule has 12 heteroatoms. The standard InChI is InChI=1S/C27H32Cl2FN7O2/c1-15(20-6-5-18(28)8-21(20)29)37-24-23(33-34-37)22(11-30)31-26(32-24)36-13-17(14-36)16-4-3-7-35(12-16)19-9-27(2,10-19)25(38)39/h5-6,8,15-17,19H,3-4,7,9-14H2,1-2H3,(H,38,39)/t15-,16+,19?,27?/m1/s1. The van der Waals surface area contributed by atoms with E-state index >= 15 is 0 Å². The average Bonchev–Trinajstić information content (AvgIpc) is 3.29. The first kappa shape index (κ1) is 26.7. The number of piperidine rings is 1. The Hall–Kier alpha value is -2.56. The van der Waals surface area contributed by atoms with E-state index in [1.807, 2.05) is 19.9 Å². The van der Waals surface area contributed by atoms with Gasteiger partial charge in [-0.3, -0.25) is 4.79 Å². The number of carboxylic acid groups (broad SMARTS) is 1. The summed E-state index contributed by atoms with van der Waals surface area (Å²) >= 11 is 12.5. The van der Waals surface area contributed by atoms with Gasteiger partial charge in [0.25, 0.3) is 0 Å². The highest BCUT2D eigenvalue weighted by Gasteiger charge is 2.49. The number of hydrogen-bond donors (Lipinski definition) is 1. The van der Waals surface area contributed by atoms with Crippen LogP contribution in [-0.4, -0.2) is 73.2 Å². The van der Waals surface area contributed by atoms with Gasteiger partial charge in [0.15, 0.2) is 11.2 Å². The molecule has 1 saturated carbocycles. The Balaban J connectivity index is 1.16. The van der Waals surface area contributed by atoms with Crippen molar-refractivity contribution in [2.75, 3.05) is 31.1 Å². The van der Waals surface area contributed by atoms with Gasteiger partial charge in [0.2, 0.25) is 5.95 Å². The van der Waals surface area contributed by atoms with Gasteiger partial charge in [-0.15, -0.1) is 5.10 Å². The first-order valence-corrected chi connectivity index (χ1v) is 14.3. The van der Waals surface area contributed by atoms with Crippen LogP contribution in [-0.2, 0) is 11.5 Å². The molecule has 39 heavy (non-hydrogen) atoms. The van der Waals surface area contributed by atoms with E-state index in [-0.39, 0.29) is 11.7 Å². The molecule has 3 aromatic rings. The highest BCUT2D eigenvalue weighted by molar-refractivity contribution is 6.35. The van der Waals surface area contributed by atoms with E-state index in [9.17, 15) is 14.3 Å². The Morgan fingerprint density at radius 1 is 1.21 bits per heavy atom. The van der Waals surface area contributed by atoms with Crippen LogP contribution in [0.3, 0.4) is 0 Å². The van der Waals surface area contributed by atoms with Crippen LogP contribution in [0.1, 0.15) is 56.8 Å². The van der Waals surface area contributed by atoms with Gasteiger partial charge in [-0.2, -0.15) is 4.98 Å². The van der Waals surface area contributed by atoms with Crippen LogP contribution in [0.15, 0.2) is 18.2 Å². The molecule has 3 fully saturated rings. The second kappa shape index (κ2) is 10.1. The van der Waals surface area contributed by atoms with Crippen molar-refractivity contribution < 1.29 is 14.3 Å². The van der Waals surface area contributed by atoms with E-state index in [4.69, 9.17) is 28.2 Å². The third-order valence-corrected chi connectivity index (χ3v) is 9.61. The van der Waals surface area contributed by atoms with Crippen molar-refractivity contribution in [2.24, 2.45) is 17.3 Å². The molecule has 6 rings (SSSR count). The molecule has 0 radical (unpaired) electrons. The number of nitrogens with zero attached hydrogens (tertiary/aromatic N) is 7. The van der Waals surface area contributed by atoms with E-state index in [0.717, 1.165) is 51.0 Å². The minimum absolute atomic E-state index is 0.231. The fourth-order valence-electron chi connectivity index (χ4n) is 6.48. The van der Waals surface area contributed by atoms with Crippen molar-refractivity contribution in [2.45, 2.75) is 58.3 Å². The van der Waals surface area contributed by atoms with Crippen LogP contribution in [0.2, 0.25) is 10.0 Å². The van der Waals surface area contributed by atoms with Gasteiger partial charge in [-0.25, -0.2) is 14.1 Å². The van der Waals surface area contributed by atoms with E-state index < -0.39 is 18.1 Å². The van der Waals surface area contributed by atoms with Crippen LogP contribution in [0.4, 0.5) is 10.3 Å². The third-order valence-electron chi connectivity index (χ3n) is 9.04. The van der Waals surface area contributed by atoms with Crippen LogP contribution >= 0.6 is 23.2 Å². The number of alkyl halides is 1. The third kappa shape index (κ3) is 4.74. The Bertz CT molecular complexity index is 1410. The monoisotopic (exact) mass is 575 g/mol. The molecule has 0 amide bonds. The van der Waals surface area contributed by atoms with Crippen LogP contribution in [0.5, 0.6) is 0 Å². The number of carbonyl (C=O) groups is 1. The van der Waals surface area contributed by atoms with Gasteiger partial charge in [-0.1, -0.05) is 34.5 Å². The quantitative estimate of drug-likeness (QED) is 0.419. The molecule has 1 aromatic carbocycles. The zero-order chi connectivity index (χ0) is 27.5. The number of benzene rings is 1. The van der Waals surface area contributed by atoms with Gasteiger partial charge in [0.05, 0.1) is 11.5 Å². The van der Waals surface area contributed by atoms with Gasteiger partial charge in [-0.05, 0) is 75.6 Å². The second-order valence-electron chi connectivity index (χ2n) is 11.6. The van der Waals surface area contributed by atoms with E-state index in [0.29, 0.717) is 45.0 Å². The van der Waals surface area contributed by atoms with Crippen LogP contribution < -0.4 is 4.90 Å². The summed E-state index contributed by atoms with van der Waals surface area (Å²) in [5.41, 5.74) is 1.30. The SMILES string of the molecule is C[C@H](c1ccc(Cl)cc1Cl)n1nnc2c(CF)nc(N3CC([C@H]4CCCN(C5CC(C)(C(=O)O)C5)C4)C3)nc21. The lowest BCUT2D eigenvalue weighted by Crippen LogP contribution is -2.58. The molecule has 0 spiro atoms. The minimum Gasteiger partial charge on any atom is -0.481 e. The number of hydrogen-bond acceptors (Lipinski definition) is 7. The Kier molecular flexibility index (Phi) is 6.92. The number of fused-ring (bicyclic) bond motifs is 1. The summed E-state index contributed by atoms with van der Waals surface area (Å²) in [6.07, 6.45) is 3.76. The summed E-state index contributed by atoms with van der Waals surface area (Å²) in [5, 5.41) is 19.0. The highest BCUT2D eigenvalue weighted by Crippen LogP contribution is 2.45. The number of halogens is 3. The van der Waals surface area contributed by atoms with Crippen molar-refractivity contribution in [1.29, 1.82) is 0 Å². The molecule has 208 valence electrons. The first-order valence-electron chi connectivity index (χ1n) is 13.5. The largest absolute Gasteiger partial charge is 0.481 e. The summed E-state index contributed by atoms with van der Waals surface area (Å²) in [5.74, 6) is 0.860. The van der Waals surface area contributed by atoms with Gasteiger partial charge in [0, 0.05) is 35.7 Å². The first-order chi connectivity index (χ1) is 18.7.